The predicted molar refractivity (Wildman–Crippen MR) is 73.7 cm³/mol. The van der Waals surface area contributed by atoms with E-state index in [9.17, 15) is 0 Å². The first-order valence-corrected chi connectivity index (χ1v) is 6.83. The standard InChI is InChI=1S/C15H21NO3/c16-9-5-2-6-10-17-15-12-18-14(11-19-15)13-7-3-1-4-8-13/h1,3,7,11-12H,2,4-6,8-10,16H2. The summed E-state index contributed by atoms with van der Waals surface area (Å²) in [6.45, 7) is 1.36. The van der Waals surface area contributed by atoms with Crippen molar-refractivity contribution < 1.29 is 14.2 Å². The molecule has 2 aliphatic rings. The topological polar surface area (TPSA) is 53.7 Å². The number of nitrogens with two attached hydrogens (primary N) is 1. The van der Waals surface area contributed by atoms with E-state index in [1.807, 2.05) is 12.2 Å². The van der Waals surface area contributed by atoms with E-state index in [-0.39, 0.29) is 0 Å². The van der Waals surface area contributed by atoms with Gasteiger partial charge in [0.2, 0.25) is 0 Å². The van der Waals surface area contributed by atoms with Gasteiger partial charge in [-0.05, 0) is 44.2 Å². The molecule has 0 saturated carbocycles. The molecule has 0 aromatic rings. The Morgan fingerprint density at radius 3 is 2.79 bits per heavy atom. The highest BCUT2D eigenvalue weighted by Crippen LogP contribution is 2.25. The molecule has 1 aliphatic carbocycles. The third-order valence-corrected chi connectivity index (χ3v) is 2.99. The van der Waals surface area contributed by atoms with Crippen LogP contribution in [0.3, 0.4) is 0 Å². The molecule has 104 valence electrons. The van der Waals surface area contributed by atoms with Crippen LogP contribution in [0.2, 0.25) is 0 Å². The molecule has 0 amide bonds. The largest absolute Gasteiger partial charge is 0.463 e. The summed E-state index contributed by atoms with van der Waals surface area (Å²) in [5.41, 5.74) is 6.58. The Balaban J connectivity index is 1.70. The predicted octanol–water partition coefficient (Wildman–Crippen LogP) is 3.10. The summed E-state index contributed by atoms with van der Waals surface area (Å²) in [7, 11) is 0. The Labute approximate surface area is 114 Å². The van der Waals surface area contributed by atoms with Crippen molar-refractivity contribution in [1.82, 2.24) is 0 Å². The van der Waals surface area contributed by atoms with Crippen molar-refractivity contribution in [3.8, 4) is 0 Å². The van der Waals surface area contributed by atoms with Gasteiger partial charge in [-0.3, -0.25) is 0 Å². The number of unbranched alkanes of at least 4 members (excludes halogenated alkanes) is 2. The summed E-state index contributed by atoms with van der Waals surface area (Å²) in [5, 5.41) is 0. The van der Waals surface area contributed by atoms with Gasteiger partial charge in [0.05, 0.1) is 6.61 Å². The van der Waals surface area contributed by atoms with E-state index in [0.29, 0.717) is 12.6 Å². The maximum atomic E-state index is 5.54. The van der Waals surface area contributed by atoms with Crippen LogP contribution >= 0.6 is 0 Å². The molecule has 0 spiro atoms. The minimum atomic E-state index is 0.420. The van der Waals surface area contributed by atoms with Crippen LogP contribution in [0.15, 0.2) is 48.0 Å². The minimum Gasteiger partial charge on any atom is -0.463 e. The number of hydrogen-bond donors (Lipinski definition) is 1. The Morgan fingerprint density at radius 1 is 1.16 bits per heavy atom. The zero-order chi connectivity index (χ0) is 13.3. The first-order chi connectivity index (χ1) is 9.40. The zero-order valence-electron chi connectivity index (χ0n) is 11.1. The van der Waals surface area contributed by atoms with Gasteiger partial charge in [-0.25, -0.2) is 0 Å². The van der Waals surface area contributed by atoms with Crippen LogP contribution in [-0.4, -0.2) is 13.2 Å². The Hall–Kier alpha value is -1.68. The smallest absolute Gasteiger partial charge is 0.321 e. The summed E-state index contributed by atoms with van der Waals surface area (Å²) in [4.78, 5) is 0. The van der Waals surface area contributed by atoms with E-state index >= 15 is 0 Å². The molecule has 0 unspecified atom stereocenters. The van der Waals surface area contributed by atoms with Gasteiger partial charge in [0.25, 0.3) is 0 Å². The molecule has 1 aliphatic heterocycles. The third kappa shape index (κ3) is 4.48. The minimum absolute atomic E-state index is 0.420. The number of allylic oxidation sites excluding steroid dienone is 4. The van der Waals surface area contributed by atoms with Gasteiger partial charge in [-0.2, -0.15) is 0 Å². The molecule has 0 bridgehead atoms. The van der Waals surface area contributed by atoms with Crippen LogP contribution in [0.25, 0.3) is 0 Å². The molecule has 2 N–H and O–H groups in total. The van der Waals surface area contributed by atoms with Crippen molar-refractivity contribution >= 4 is 0 Å². The lowest BCUT2D eigenvalue weighted by Gasteiger charge is -2.18. The summed E-state index contributed by atoms with van der Waals surface area (Å²) in [6, 6.07) is 0. The fraction of sp³-hybridized carbons (Fsp3) is 0.467. The second kappa shape index (κ2) is 7.69. The number of hydrogen-bond acceptors (Lipinski definition) is 4. The van der Waals surface area contributed by atoms with Gasteiger partial charge < -0.3 is 19.9 Å². The van der Waals surface area contributed by atoms with Gasteiger partial charge in [0, 0.05) is 0 Å². The van der Waals surface area contributed by atoms with E-state index < -0.39 is 0 Å². The van der Waals surface area contributed by atoms with Crippen LogP contribution in [0.1, 0.15) is 32.1 Å². The molecule has 2 rings (SSSR count). The van der Waals surface area contributed by atoms with Crippen molar-refractivity contribution in [3.63, 3.8) is 0 Å². The lowest BCUT2D eigenvalue weighted by Crippen LogP contribution is -2.06. The summed E-state index contributed by atoms with van der Waals surface area (Å²) in [6.07, 6.45) is 14.5. The molecule has 0 atom stereocenters. The third-order valence-electron chi connectivity index (χ3n) is 2.99. The van der Waals surface area contributed by atoms with E-state index in [4.69, 9.17) is 19.9 Å². The normalized spacial score (nSPS) is 17.8. The molecule has 4 heteroatoms. The number of rotatable bonds is 7. The van der Waals surface area contributed by atoms with Crippen LogP contribution in [0.4, 0.5) is 0 Å². The van der Waals surface area contributed by atoms with Crippen LogP contribution in [-0.2, 0) is 14.2 Å². The molecule has 4 nitrogen and oxygen atoms in total. The Morgan fingerprint density at radius 2 is 2.11 bits per heavy atom. The van der Waals surface area contributed by atoms with Crippen molar-refractivity contribution in [1.29, 1.82) is 0 Å². The Bertz CT molecular complexity index is 408. The number of ether oxygens (including phenoxy) is 3. The molecule has 0 radical (unpaired) electrons. The second-order valence-electron chi connectivity index (χ2n) is 4.51. The molecule has 0 aromatic heterocycles. The lowest BCUT2D eigenvalue weighted by atomic mass is 10.0. The fourth-order valence-corrected chi connectivity index (χ4v) is 1.90. The first-order valence-electron chi connectivity index (χ1n) is 6.83. The average molecular weight is 263 g/mol. The van der Waals surface area contributed by atoms with E-state index in [1.165, 1.54) is 6.26 Å². The highest BCUT2D eigenvalue weighted by Gasteiger charge is 2.14. The SMILES string of the molecule is NCCCCCOC1=COC(C2=CC=CCC2)=CO1. The zero-order valence-corrected chi connectivity index (χ0v) is 11.1. The van der Waals surface area contributed by atoms with Crippen LogP contribution in [0, 0.1) is 0 Å². The van der Waals surface area contributed by atoms with Crippen LogP contribution < -0.4 is 5.73 Å². The summed E-state index contributed by atoms with van der Waals surface area (Å²) in [5.74, 6) is 1.18. The Kier molecular flexibility index (Phi) is 5.56. The molecular weight excluding hydrogens is 242 g/mol. The van der Waals surface area contributed by atoms with Crippen molar-refractivity contribution in [2.24, 2.45) is 5.73 Å². The van der Waals surface area contributed by atoms with Crippen molar-refractivity contribution in [3.05, 3.63) is 48.0 Å². The lowest BCUT2D eigenvalue weighted by molar-refractivity contribution is 0.0510. The highest BCUT2D eigenvalue weighted by molar-refractivity contribution is 5.32. The highest BCUT2D eigenvalue weighted by atomic mass is 16.7. The molecule has 0 fully saturated rings. The summed E-state index contributed by atoms with van der Waals surface area (Å²) >= 11 is 0. The van der Waals surface area contributed by atoms with Crippen LogP contribution in [0.5, 0.6) is 0 Å². The van der Waals surface area contributed by atoms with Gasteiger partial charge in [-0.1, -0.05) is 18.2 Å². The maximum absolute atomic E-state index is 5.54. The van der Waals surface area contributed by atoms with Gasteiger partial charge in [0.15, 0.2) is 12.0 Å². The summed E-state index contributed by atoms with van der Waals surface area (Å²) < 4.78 is 16.4. The monoisotopic (exact) mass is 263 g/mol. The molecule has 0 aromatic carbocycles. The van der Waals surface area contributed by atoms with Crippen molar-refractivity contribution in [2.45, 2.75) is 32.1 Å². The molecule has 19 heavy (non-hydrogen) atoms. The molecular formula is C15H21NO3. The molecule has 1 heterocycles. The first kappa shape index (κ1) is 13.7. The van der Waals surface area contributed by atoms with E-state index in [1.54, 1.807) is 6.26 Å². The average Bonchev–Trinajstić information content (AvgIpc) is 2.49. The quantitative estimate of drug-likeness (QED) is 0.717. The fourth-order valence-electron chi connectivity index (χ4n) is 1.90. The van der Waals surface area contributed by atoms with E-state index in [2.05, 4.69) is 6.08 Å². The maximum Gasteiger partial charge on any atom is 0.321 e. The van der Waals surface area contributed by atoms with Gasteiger partial charge in [0.1, 0.15) is 6.26 Å². The van der Waals surface area contributed by atoms with E-state index in [0.717, 1.165) is 50.0 Å². The van der Waals surface area contributed by atoms with Gasteiger partial charge >= 0.3 is 5.95 Å². The van der Waals surface area contributed by atoms with Gasteiger partial charge in [-0.15, -0.1) is 0 Å². The van der Waals surface area contributed by atoms with Crippen molar-refractivity contribution in [2.75, 3.05) is 13.2 Å². The molecule has 0 saturated heterocycles. The second-order valence-corrected chi connectivity index (χ2v) is 4.51.